The number of rotatable bonds is 0. The van der Waals surface area contributed by atoms with Crippen LogP contribution in [-0.4, -0.2) is 23.9 Å². The fourth-order valence-corrected chi connectivity index (χ4v) is 7.14. The first-order chi connectivity index (χ1) is 9.96. The van der Waals surface area contributed by atoms with Crippen LogP contribution in [0.5, 0.6) is 0 Å². The third-order valence-electron chi connectivity index (χ3n) is 8.34. The van der Waals surface area contributed by atoms with Crippen molar-refractivity contribution in [3.63, 3.8) is 0 Å². The Kier molecular flexibility index (Phi) is 3.01. The molecule has 0 aromatic rings. The van der Waals surface area contributed by atoms with Crippen molar-refractivity contribution < 1.29 is 4.79 Å². The molecule has 0 aromatic heterocycles. The van der Waals surface area contributed by atoms with Crippen molar-refractivity contribution in [2.45, 2.75) is 77.7 Å². The first-order valence-corrected chi connectivity index (χ1v) is 9.21. The number of amides is 1. The van der Waals surface area contributed by atoms with Gasteiger partial charge in [-0.1, -0.05) is 20.3 Å². The number of hydrogen-bond acceptors (Lipinski definition) is 1. The summed E-state index contributed by atoms with van der Waals surface area (Å²) < 4.78 is 0. The number of carbonyl (C=O) groups excluding carboxylic acids is 1. The molecule has 3 aliphatic carbocycles. The number of hydrogen-bond donors (Lipinski definition) is 0. The maximum atomic E-state index is 12.1. The highest BCUT2D eigenvalue weighted by Crippen LogP contribution is 2.64. The van der Waals surface area contributed by atoms with Gasteiger partial charge in [0.2, 0.25) is 5.91 Å². The average Bonchev–Trinajstić information content (AvgIpc) is 2.85. The Balaban J connectivity index is 1.66. The van der Waals surface area contributed by atoms with E-state index in [-0.39, 0.29) is 0 Å². The summed E-state index contributed by atoms with van der Waals surface area (Å²) in [5, 5.41) is 0. The Morgan fingerprint density at radius 1 is 1.00 bits per heavy atom. The molecule has 4 aliphatic rings. The Bertz CT molecular complexity index is 460. The van der Waals surface area contributed by atoms with Gasteiger partial charge in [-0.05, 0) is 73.5 Å². The van der Waals surface area contributed by atoms with Crippen LogP contribution in [-0.2, 0) is 4.79 Å². The van der Waals surface area contributed by atoms with Gasteiger partial charge in [0.25, 0.3) is 0 Å². The summed E-state index contributed by atoms with van der Waals surface area (Å²) >= 11 is 0. The molecule has 2 nitrogen and oxygen atoms in total. The van der Waals surface area contributed by atoms with Gasteiger partial charge < -0.3 is 4.90 Å². The lowest BCUT2D eigenvalue weighted by Gasteiger charge is -2.61. The smallest absolute Gasteiger partial charge is 0.222 e. The van der Waals surface area contributed by atoms with Gasteiger partial charge in [0, 0.05) is 19.5 Å². The molecule has 4 unspecified atom stereocenters. The van der Waals surface area contributed by atoms with Crippen LogP contribution in [0.2, 0.25) is 0 Å². The number of piperidine rings is 1. The van der Waals surface area contributed by atoms with Crippen molar-refractivity contribution in [1.82, 2.24) is 4.90 Å². The highest BCUT2D eigenvalue weighted by atomic mass is 16.2. The van der Waals surface area contributed by atoms with E-state index in [9.17, 15) is 4.79 Å². The summed E-state index contributed by atoms with van der Waals surface area (Å²) in [5.41, 5.74) is 1.05. The van der Waals surface area contributed by atoms with Crippen molar-refractivity contribution in [2.75, 3.05) is 7.05 Å². The lowest BCUT2D eigenvalue weighted by molar-refractivity contribution is -0.156. The van der Waals surface area contributed by atoms with E-state index < -0.39 is 0 Å². The molecule has 4 rings (SSSR count). The lowest BCUT2D eigenvalue weighted by atomic mass is 9.47. The molecular weight excluding hydrogens is 258 g/mol. The molecule has 118 valence electrons. The van der Waals surface area contributed by atoms with Crippen LogP contribution < -0.4 is 0 Å². The van der Waals surface area contributed by atoms with Gasteiger partial charge in [-0.15, -0.1) is 0 Å². The SMILES string of the molecule is CN1C(=O)CC[C@]2(C)C3CC[C@]4(C)CCCC4C3CCC12. The number of fused-ring (bicyclic) bond motifs is 5. The second kappa shape index (κ2) is 4.49. The van der Waals surface area contributed by atoms with Crippen LogP contribution >= 0.6 is 0 Å². The van der Waals surface area contributed by atoms with Gasteiger partial charge in [0.15, 0.2) is 0 Å². The zero-order valence-electron chi connectivity index (χ0n) is 14.0. The minimum atomic E-state index is 0.387. The molecule has 4 fully saturated rings. The van der Waals surface area contributed by atoms with Crippen molar-refractivity contribution in [1.29, 1.82) is 0 Å². The molecule has 21 heavy (non-hydrogen) atoms. The highest BCUT2D eigenvalue weighted by Gasteiger charge is 2.58. The minimum Gasteiger partial charge on any atom is -0.342 e. The first-order valence-electron chi connectivity index (χ1n) is 9.21. The topological polar surface area (TPSA) is 20.3 Å². The molecule has 1 amide bonds. The van der Waals surface area contributed by atoms with Gasteiger partial charge >= 0.3 is 0 Å². The zero-order chi connectivity index (χ0) is 14.8. The normalized spacial score (nSPS) is 53.1. The number of carbonyl (C=O) groups is 1. The molecule has 0 radical (unpaired) electrons. The molecule has 0 aromatic carbocycles. The van der Waals surface area contributed by atoms with E-state index in [1.807, 2.05) is 0 Å². The van der Waals surface area contributed by atoms with Gasteiger partial charge in [-0.3, -0.25) is 4.79 Å². The molecule has 0 bridgehead atoms. The molecule has 1 saturated heterocycles. The Morgan fingerprint density at radius 3 is 2.62 bits per heavy atom. The maximum absolute atomic E-state index is 12.1. The highest BCUT2D eigenvalue weighted by molar-refractivity contribution is 5.77. The van der Waals surface area contributed by atoms with Crippen LogP contribution in [0, 0.1) is 28.6 Å². The summed E-state index contributed by atoms with van der Waals surface area (Å²) in [6.45, 7) is 5.10. The second-order valence-electron chi connectivity index (χ2n) is 9.07. The van der Waals surface area contributed by atoms with Gasteiger partial charge in [-0.2, -0.15) is 0 Å². The van der Waals surface area contributed by atoms with Crippen LogP contribution in [0.25, 0.3) is 0 Å². The van der Waals surface area contributed by atoms with E-state index in [1.54, 1.807) is 0 Å². The van der Waals surface area contributed by atoms with Crippen LogP contribution in [0.4, 0.5) is 0 Å². The summed E-state index contributed by atoms with van der Waals surface area (Å²) in [7, 11) is 2.06. The van der Waals surface area contributed by atoms with Crippen molar-refractivity contribution in [3.05, 3.63) is 0 Å². The monoisotopic (exact) mass is 289 g/mol. The maximum Gasteiger partial charge on any atom is 0.222 e. The Morgan fingerprint density at radius 2 is 1.81 bits per heavy atom. The third kappa shape index (κ3) is 1.80. The fraction of sp³-hybridized carbons (Fsp3) is 0.947. The molecule has 0 spiro atoms. The lowest BCUT2D eigenvalue weighted by Crippen LogP contribution is -2.61. The van der Waals surface area contributed by atoms with Crippen LogP contribution in [0.3, 0.4) is 0 Å². The van der Waals surface area contributed by atoms with Gasteiger partial charge in [-0.25, -0.2) is 0 Å². The van der Waals surface area contributed by atoms with E-state index in [4.69, 9.17) is 0 Å². The fourth-order valence-electron chi connectivity index (χ4n) is 7.14. The van der Waals surface area contributed by atoms with E-state index >= 15 is 0 Å². The quantitative estimate of drug-likeness (QED) is 0.653. The molecular formula is C19H31NO. The standard InChI is InChI=1S/C19H31NO/c1-18-10-4-5-14(18)13-6-7-16-19(2,15(13)8-11-18)12-9-17(21)20(16)3/h13-16H,4-12H2,1-3H3/t13?,14?,15?,16?,18-,19+/m0/s1. The first kappa shape index (κ1) is 14.1. The largest absolute Gasteiger partial charge is 0.342 e. The molecule has 2 heteroatoms. The molecule has 0 N–H and O–H groups in total. The summed E-state index contributed by atoms with van der Waals surface area (Å²) in [6.07, 6.45) is 11.8. The van der Waals surface area contributed by atoms with E-state index in [1.165, 1.54) is 44.9 Å². The summed E-state index contributed by atoms with van der Waals surface area (Å²) in [6, 6.07) is 0.519. The van der Waals surface area contributed by atoms with E-state index in [2.05, 4.69) is 25.8 Å². The molecule has 3 saturated carbocycles. The number of nitrogens with zero attached hydrogens (tertiary/aromatic N) is 1. The molecule has 1 heterocycles. The second-order valence-corrected chi connectivity index (χ2v) is 9.07. The van der Waals surface area contributed by atoms with Crippen molar-refractivity contribution in [2.24, 2.45) is 28.6 Å². The number of likely N-dealkylation sites (tertiary alicyclic amines) is 1. The van der Waals surface area contributed by atoms with E-state index in [0.29, 0.717) is 22.8 Å². The van der Waals surface area contributed by atoms with Crippen molar-refractivity contribution >= 4 is 5.91 Å². The van der Waals surface area contributed by atoms with Gasteiger partial charge in [0.05, 0.1) is 0 Å². The zero-order valence-corrected chi connectivity index (χ0v) is 14.0. The third-order valence-corrected chi connectivity index (χ3v) is 8.34. The molecule has 6 atom stereocenters. The Labute approximate surface area is 129 Å². The predicted molar refractivity (Wildman–Crippen MR) is 84.8 cm³/mol. The van der Waals surface area contributed by atoms with Gasteiger partial charge in [0.1, 0.15) is 0 Å². The average molecular weight is 289 g/mol. The van der Waals surface area contributed by atoms with E-state index in [0.717, 1.165) is 30.6 Å². The predicted octanol–water partition coefficient (Wildman–Crippen LogP) is 4.24. The van der Waals surface area contributed by atoms with Crippen molar-refractivity contribution in [3.8, 4) is 0 Å². The summed E-state index contributed by atoms with van der Waals surface area (Å²) in [5.74, 6) is 3.20. The van der Waals surface area contributed by atoms with Crippen LogP contribution in [0.1, 0.15) is 71.6 Å². The molecule has 1 aliphatic heterocycles. The summed E-state index contributed by atoms with van der Waals surface area (Å²) in [4.78, 5) is 14.2. The van der Waals surface area contributed by atoms with Crippen LogP contribution in [0.15, 0.2) is 0 Å². The Hall–Kier alpha value is -0.530. The minimum absolute atomic E-state index is 0.387.